The number of benzene rings is 3. The van der Waals surface area contributed by atoms with E-state index in [2.05, 4.69) is 0 Å². The van der Waals surface area contributed by atoms with Crippen molar-refractivity contribution in [2.24, 2.45) is 0 Å². The zero-order chi connectivity index (χ0) is 15.7. The maximum absolute atomic E-state index is 10.5. The Balaban J connectivity index is 2.08. The minimum atomic E-state index is -0.779. The Labute approximate surface area is 129 Å². The van der Waals surface area contributed by atoms with Gasteiger partial charge in [0.25, 0.3) is 0 Å². The molecule has 0 heterocycles. The van der Waals surface area contributed by atoms with Gasteiger partial charge in [-0.15, -0.1) is 0 Å². The number of aromatic hydroxyl groups is 2. The third-order valence-electron chi connectivity index (χ3n) is 4.09. The highest BCUT2D eigenvalue weighted by Gasteiger charge is 2.19. The third-order valence-corrected chi connectivity index (χ3v) is 4.09. The molecular formula is C19H18O3. The molecule has 0 aliphatic rings. The summed E-state index contributed by atoms with van der Waals surface area (Å²) >= 11 is 0. The Morgan fingerprint density at radius 2 is 1.41 bits per heavy atom. The topological polar surface area (TPSA) is 60.7 Å². The Kier molecular flexibility index (Phi) is 3.73. The smallest absolute Gasteiger partial charge is 0.130 e. The molecule has 0 bridgehead atoms. The van der Waals surface area contributed by atoms with Gasteiger partial charge in [0, 0.05) is 17.4 Å². The molecule has 0 spiro atoms. The standard InChI is InChI=1S/C19H18O3/c1-12-14-9-5-6-10-15(14)19(22)16(18(12)21)11-17(20)13-7-3-2-4-8-13/h2-10,17,20-22H,11H2,1H3. The zero-order valence-electron chi connectivity index (χ0n) is 12.3. The van der Waals surface area contributed by atoms with E-state index >= 15 is 0 Å². The predicted octanol–water partition coefficient (Wildman–Crippen LogP) is 3.84. The quantitative estimate of drug-likeness (QED) is 0.688. The van der Waals surface area contributed by atoms with Crippen molar-refractivity contribution in [1.82, 2.24) is 0 Å². The van der Waals surface area contributed by atoms with E-state index in [1.165, 1.54) is 0 Å². The van der Waals surface area contributed by atoms with Crippen molar-refractivity contribution in [2.45, 2.75) is 19.4 Å². The van der Waals surface area contributed by atoms with Gasteiger partial charge in [-0.1, -0.05) is 54.6 Å². The second-order valence-corrected chi connectivity index (χ2v) is 5.48. The molecule has 3 N–H and O–H groups in total. The number of hydrogen-bond donors (Lipinski definition) is 3. The van der Waals surface area contributed by atoms with Crippen LogP contribution in [-0.4, -0.2) is 15.3 Å². The van der Waals surface area contributed by atoms with Gasteiger partial charge >= 0.3 is 0 Å². The van der Waals surface area contributed by atoms with E-state index in [1.54, 1.807) is 0 Å². The molecule has 3 nitrogen and oxygen atoms in total. The lowest BCUT2D eigenvalue weighted by atomic mass is 9.94. The van der Waals surface area contributed by atoms with Gasteiger partial charge in [-0.25, -0.2) is 0 Å². The van der Waals surface area contributed by atoms with Crippen LogP contribution in [0.4, 0.5) is 0 Å². The largest absolute Gasteiger partial charge is 0.507 e. The molecular weight excluding hydrogens is 276 g/mol. The molecule has 0 amide bonds. The average Bonchev–Trinajstić information content (AvgIpc) is 2.57. The Morgan fingerprint density at radius 1 is 0.818 bits per heavy atom. The lowest BCUT2D eigenvalue weighted by Gasteiger charge is -2.17. The molecule has 1 unspecified atom stereocenters. The van der Waals surface area contributed by atoms with E-state index in [1.807, 2.05) is 61.5 Å². The van der Waals surface area contributed by atoms with Gasteiger partial charge in [-0.3, -0.25) is 0 Å². The van der Waals surface area contributed by atoms with Gasteiger partial charge < -0.3 is 15.3 Å². The van der Waals surface area contributed by atoms with Crippen LogP contribution in [0.15, 0.2) is 54.6 Å². The van der Waals surface area contributed by atoms with E-state index in [-0.39, 0.29) is 17.9 Å². The number of aliphatic hydroxyl groups excluding tert-OH is 1. The molecule has 22 heavy (non-hydrogen) atoms. The fraction of sp³-hybridized carbons (Fsp3) is 0.158. The molecule has 3 heteroatoms. The Bertz CT molecular complexity index is 810. The summed E-state index contributed by atoms with van der Waals surface area (Å²) in [6, 6.07) is 16.6. The molecule has 0 fully saturated rings. The maximum Gasteiger partial charge on any atom is 0.130 e. The second kappa shape index (κ2) is 5.70. The summed E-state index contributed by atoms with van der Waals surface area (Å²) in [7, 11) is 0. The molecule has 0 radical (unpaired) electrons. The molecule has 112 valence electrons. The van der Waals surface area contributed by atoms with Crippen LogP contribution in [0.5, 0.6) is 11.5 Å². The molecule has 3 rings (SSSR count). The number of phenols is 2. The van der Waals surface area contributed by atoms with Gasteiger partial charge in [0.05, 0.1) is 6.10 Å². The molecule has 0 saturated carbocycles. The van der Waals surface area contributed by atoms with Crippen molar-refractivity contribution in [1.29, 1.82) is 0 Å². The average molecular weight is 294 g/mol. The van der Waals surface area contributed by atoms with E-state index in [0.29, 0.717) is 16.5 Å². The summed E-state index contributed by atoms with van der Waals surface area (Å²) in [5, 5.41) is 32.7. The summed E-state index contributed by atoms with van der Waals surface area (Å²) in [5.74, 6) is 0.0832. The van der Waals surface area contributed by atoms with Crippen LogP contribution < -0.4 is 0 Å². The van der Waals surface area contributed by atoms with E-state index in [0.717, 1.165) is 10.9 Å². The fourth-order valence-electron chi connectivity index (χ4n) is 2.82. The third kappa shape index (κ3) is 2.40. The highest BCUT2D eigenvalue weighted by atomic mass is 16.3. The van der Waals surface area contributed by atoms with Gasteiger partial charge in [-0.2, -0.15) is 0 Å². The van der Waals surface area contributed by atoms with Crippen molar-refractivity contribution in [3.05, 3.63) is 71.3 Å². The number of hydrogen-bond acceptors (Lipinski definition) is 3. The number of phenolic OH excluding ortho intramolecular Hbond substituents is 2. The number of fused-ring (bicyclic) bond motifs is 1. The summed E-state index contributed by atoms with van der Waals surface area (Å²) in [5.41, 5.74) is 1.85. The first-order chi connectivity index (χ1) is 10.6. The number of rotatable bonds is 3. The monoisotopic (exact) mass is 294 g/mol. The van der Waals surface area contributed by atoms with Crippen molar-refractivity contribution in [3.63, 3.8) is 0 Å². The van der Waals surface area contributed by atoms with Crippen molar-refractivity contribution in [3.8, 4) is 11.5 Å². The SMILES string of the molecule is Cc1c(O)c(CC(O)c2ccccc2)c(O)c2ccccc12. The second-order valence-electron chi connectivity index (χ2n) is 5.48. The number of aliphatic hydroxyl groups is 1. The molecule has 1 atom stereocenters. The number of aryl methyl sites for hydroxylation is 1. The van der Waals surface area contributed by atoms with Crippen LogP contribution in [-0.2, 0) is 6.42 Å². The highest BCUT2D eigenvalue weighted by molar-refractivity contribution is 5.94. The van der Waals surface area contributed by atoms with Gasteiger partial charge in [0.2, 0.25) is 0 Å². The first-order valence-corrected chi connectivity index (χ1v) is 7.24. The summed E-state index contributed by atoms with van der Waals surface area (Å²) in [4.78, 5) is 0. The van der Waals surface area contributed by atoms with Crippen molar-refractivity contribution >= 4 is 10.8 Å². The molecule has 0 aromatic heterocycles. The molecule has 0 aliphatic heterocycles. The lowest BCUT2D eigenvalue weighted by molar-refractivity contribution is 0.176. The molecule has 0 aliphatic carbocycles. The minimum absolute atomic E-state index is 0.0358. The summed E-state index contributed by atoms with van der Waals surface area (Å²) in [6.45, 7) is 1.81. The summed E-state index contributed by atoms with van der Waals surface area (Å²) in [6.07, 6.45) is -0.619. The van der Waals surface area contributed by atoms with Crippen LogP contribution in [0, 0.1) is 6.92 Å². The summed E-state index contributed by atoms with van der Waals surface area (Å²) < 4.78 is 0. The van der Waals surface area contributed by atoms with Crippen molar-refractivity contribution in [2.75, 3.05) is 0 Å². The lowest BCUT2D eigenvalue weighted by Crippen LogP contribution is -2.03. The van der Waals surface area contributed by atoms with Crippen molar-refractivity contribution < 1.29 is 15.3 Å². The first kappa shape index (κ1) is 14.4. The van der Waals surface area contributed by atoms with Gasteiger partial charge in [0.15, 0.2) is 0 Å². The van der Waals surface area contributed by atoms with Crippen LogP contribution in [0.2, 0.25) is 0 Å². The zero-order valence-corrected chi connectivity index (χ0v) is 12.3. The Morgan fingerprint density at radius 3 is 2.09 bits per heavy atom. The first-order valence-electron chi connectivity index (χ1n) is 7.24. The van der Waals surface area contributed by atoms with Crippen LogP contribution >= 0.6 is 0 Å². The van der Waals surface area contributed by atoms with Gasteiger partial charge in [0.1, 0.15) is 11.5 Å². The molecule has 0 saturated heterocycles. The van der Waals surface area contributed by atoms with Crippen LogP contribution in [0.25, 0.3) is 10.8 Å². The van der Waals surface area contributed by atoms with Crippen LogP contribution in [0.1, 0.15) is 22.8 Å². The van der Waals surface area contributed by atoms with Gasteiger partial charge in [-0.05, 0) is 23.4 Å². The van der Waals surface area contributed by atoms with Crippen LogP contribution in [0.3, 0.4) is 0 Å². The highest BCUT2D eigenvalue weighted by Crippen LogP contribution is 2.41. The van der Waals surface area contributed by atoms with E-state index in [9.17, 15) is 15.3 Å². The normalized spacial score (nSPS) is 12.5. The minimum Gasteiger partial charge on any atom is -0.507 e. The maximum atomic E-state index is 10.5. The molecule has 3 aromatic carbocycles. The van der Waals surface area contributed by atoms with E-state index in [4.69, 9.17) is 0 Å². The van der Waals surface area contributed by atoms with E-state index < -0.39 is 6.10 Å². The predicted molar refractivity (Wildman–Crippen MR) is 87.1 cm³/mol. The Hall–Kier alpha value is -2.52. The molecule has 3 aromatic rings. The fourth-order valence-corrected chi connectivity index (χ4v) is 2.82.